The predicted octanol–water partition coefficient (Wildman–Crippen LogP) is 5.23. The minimum atomic E-state index is -4.12. The topological polar surface area (TPSA) is 96.0 Å². The van der Waals surface area contributed by atoms with Gasteiger partial charge in [-0.2, -0.15) is 0 Å². The maximum Gasteiger partial charge on any atom is 0.264 e. The van der Waals surface area contributed by atoms with E-state index in [1.165, 1.54) is 17.0 Å². The highest BCUT2D eigenvalue weighted by Gasteiger charge is 2.34. The summed E-state index contributed by atoms with van der Waals surface area (Å²) in [6.45, 7) is 9.05. The number of hydrogen-bond donors (Lipinski definition) is 1. The van der Waals surface area contributed by atoms with E-state index in [1.807, 2.05) is 65.0 Å². The van der Waals surface area contributed by atoms with Gasteiger partial charge in [0.2, 0.25) is 11.8 Å². The Bertz CT molecular complexity index is 1440. The van der Waals surface area contributed by atoms with E-state index in [2.05, 4.69) is 5.32 Å². The van der Waals surface area contributed by atoms with Crippen LogP contribution in [0.4, 0.5) is 5.69 Å². The molecule has 0 heterocycles. The van der Waals surface area contributed by atoms with E-state index in [4.69, 9.17) is 4.74 Å². The van der Waals surface area contributed by atoms with Crippen LogP contribution in [0.1, 0.15) is 50.3 Å². The van der Waals surface area contributed by atoms with Crippen LogP contribution in [0.5, 0.6) is 5.75 Å². The number of hydrogen-bond acceptors (Lipinski definition) is 5. The second kappa shape index (κ2) is 14.2. The minimum absolute atomic E-state index is 0.0739. The Morgan fingerprint density at radius 1 is 0.927 bits per heavy atom. The molecule has 0 spiro atoms. The summed E-state index contributed by atoms with van der Waals surface area (Å²) in [5.41, 5.74) is 2.75. The largest absolute Gasteiger partial charge is 0.497 e. The minimum Gasteiger partial charge on any atom is -0.497 e. The van der Waals surface area contributed by atoms with Crippen molar-refractivity contribution in [1.82, 2.24) is 10.2 Å². The van der Waals surface area contributed by atoms with Gasteiger partial charge in [0.25, 0.3) is 10.0 Å². The van der Waals surface area contributed by atoms with Crippen LogP contribution in [0.2, 0.25) is 0 Å². The lowest BCUT2D eigenvalue weighted by atomic mass is 10.1. The van der Waals surface area contributed by atoms with Crippen molar-refractivity contribution in [2.45, 2.75) is 71.0 Å². The Morgan fingerprint density at radius 3 is 2.27 bits per heavy atom. The van der Waals surface area contributed by atoms with Gasteiger partial charge >= 0.3 is 0 Å². The van der Waals surface area contributed by atoms with Crippen molar-refractivity contribution in [2.24, 2.45) is 0 Å². The Hall–Kier alpha value is -3.85. The van der Waals surface area contributed by atoms with Crippen molar-refractivity contribution in [1.29, 1.82) is 0 Å². The molecule has 0 bridgehead atoms. The van der Waals surface area contributed by atoms with Crippen molar-refractivity contribution in [2.75, 3.05) is 18.0 Å². The molecular weight excluding hydrogens is 538 g/mol. The Labute approximate surface area is 244 Å². The smallest absolute Gasteiger partial charge is 0.264 e. The van der Waals surface area contributed by atoms with Gasteiger partial charge in [0.05, 0.1) is 17.7 Å². The Kier molecular flexibility index (Phi) is 10.9. The number of anilines is 1. The Morgan fingerprint density at radius 2 is 1.63 bits per heavy atom. The van der Waals surface area contributed by atoms with Crippen molar-refractivity contribution >= 4 is 27.5 Å². The van der Waals surface area contributed by atoms with E-state index >= 15 is 0 Å². The quantitative estimate of drug-likeness (QED) is 0.299. The molecule has 220 valence electrons. The fourth-order valence-corrected chi connectivity index (χ4v) is 6.04. The molecule has 8 nitrogen and oxygen atoms in total. The summed E-state index contributed by atoms with van der Waals surface area (Å²) in [4.78, 5) is 29.2. The van der Waals surface area contributed by atoms with Crippen LogP contribution in [0.15, 0.2) is 77.7 Å². The molecule has 2 atom stereocenters. The number of carbonyl (C=O) groups excluding carboxylic acids is 2. The van der Waals surface area contributed by atoms with Gasteiger partial charge in [-0.15, -0.1) is 0 Å². The maximum absolute atomic E-state index is 14.2. The number of amides is 2. The zero-order valence-corrected chi connectivity index (χ0v) is 25.6. The van der Waals surface area contributed by atoms with Gasteiger partial charge in [0.1, 0.15) is 18.3 Å². The number of methoxy groups -OCH3 is 1. The average Bonchev–Trinajstić information content (AvgIpc) is 2.97. The van der Waals surface area contributed by atoms with Crippen LogP contribution in [0.3, 0.4) is 0 Å². The van der Waals surface area contributed by atoms with Gasteiger partial charge in [-0.1, -0.05) is 56.3 Å². The normalized spacial score (nSPS) is 12.7. The molecular formula is C32H41N3O5S. The number of sulfonamides is 1. The molecule has 1 N–H and O–H groups in total. The van der Waals surface area contributed by atoms with E-state index in [9.17, 15) is 18.0 Å². The number of benzene rings is 3. The number of ether oxygens (including phenoxy) is 1. The van der Waals surface area contributed by atoms with Crippen molar-refractivity contribution in [3.05, 3.63) is 89.5 Å². The van der Waals surface area contributed by atoms with Gasteiger partial charge < -0.3 is 15.0 Å². The highest BCUT2D eigenvalue weighted by Crippen LogP contribution is 2.29. The van der Waals surface area contributed by atoms with Gasteiger partial charge in [0.15, 0.2) is 0 Å². The lowest BCUT2D eigenvalue weighted by molar-refractivity contribution is -0.140. The zero-order valence-electron chi connectivity index (χ0n) is 24.8. The van der Waals surface area contributed by atoms with E-state index in [-0.39, 0.29) is 23.4 Å². The average molecular weight is 580 g/mol. The summed E-state index contributed by atoms with van der Waals surface area (Å²) < 4.78 is 34.6. The summed E-state index contributed by atoms with van der Waals surface area (Å²) >= 11 is 0. The highest BCUT2D eigenvalue weighted by molar-refractivity contribution is 7.92. The molecule has 0 fully saturated rings. The first kappa shape index (κ1) is 31.7. The predicted molar refractivity (Wildman–Crippen MR) is 162 cm³/mol. The van der Waals surface area contributed by atoms with Gasteiger partial charge in [-0.05, 0) is 80.6 Å². The monoisotopic (exact) mass is 579 g/mol. The lowest BCUT2D eigenvalue weighted by Crippen LogP contribution is -2.53. The molecule has 2 unspecified atom stereocenters. The molecule has 3 rings (SSSR count). The molecule has 3 aromatic rings. The molecule has 0 aliphatic heterocycles. The second-order valence-corrected chi connectivity index (χ2v) is 12.1. The number of carbonyl (C=O) groups is 2. The van der Waals surface area contributed by atoms with E-state index in [0.717, 1.165) is 21.9 Å². The van der Waals surface area contributed by atoms with Crippen LogP contribution < -0.4 is 14.4 Å². The van der Waals surface area contributed by atoms with Crippen LogP contribution >= 0.6 is 0 Å². The van der Waals surface area contributed by atoms with E-state index < -0.39 is 28.5 Å². The van der Waals surface area contributed by atoms with Gasteiger partial charge in [0, 0.05) is 12.6 Å². The van der Waals surface area contributed by atoms with Crippen LogP contribution in [-0.4, -0.2) is 50.9 Å². The fraction of sp³-hybridized carbons (Fsp3) is 0.375. The fourth-order valence-electron chi connectivity index (χ4n) is 4.55. The first-order valence-corrected chi connectivity index (χ1v) is 15.3. The molecule has 0 aromatic heterocycles. The van der Waals surface area contributed by atoms with Crippen LogP contribution in [-0.2, 0) is 26.2 Å². The number of nitrogens with zero attached hydrogens (tertiary/aromatic N) is 2. The third-order valence-corrected chi connectivity index (χ3v) is 8.89. The first-order chi connectivity index (χ1) is 19.5. The first-order valence-electron chi connectivity index (χ1n) is 13.9. The van der Waals surface area contributed by atoms with E-state index in [1.54, 1.807) is 37.4 Å². The molecule has 3 aromatic carbocycles. The highest BCUT2D eigenvalue weighted by atomic mass is 32.2. The summed E-state index contributed by atoms with van der Waals surface area (Å²) in [7, 11) is -2.55. The Balaban J connectivity index is 2.10. The summed E-state index contributed by atoms with van der Waals surface area (Å²) in [5, 5.41) is 2.99. The number of aryl methyl sites for hydroxylation is 2. The van der Waals surface area contributed by atoms with E-state index in [0.29, 0.717) is 23.4 Å². The standard InChI is InChI=1S/C32H41N3O5S/c1-7-25(5)33-32(37)29(8-2)34(21-26-13-12-14-27(20-26)40-6)31(36)22-35(30-19-23(3)17-18-24(30)4)41(38,39)28-15-10-9-11-16-28/h9-20,25,29H,7-8,21-22H2,1-6H3,(H,33,37). The molecule has 0 saturated carbocycles. The van der Waals surface area contributed by atoms with Gasteiger partial charge in [-0.3, -0.25) is 13.9 Å². The molecule has 9 heteroatoms. The van der Waals surface area contributed by atoms with Crippen molar-refractivity contribution in [3.8, 4) is 5.75 Å². The summed E-state index contributed by atoms with van der Waals surface area (Å²) in [5.74, 6) is -0.141. The van der Waals surface area contributed by atoms with Crippen LogP contribution in [0.25, 0.3) is 0 Å². The third kappa shape index (κ3) is 7.88. The van der Waals surface area contributed by atoms with Crippen molar-refractivity contribution in [3.63, 3.8) is 0 Å². The van der Waals surface area contributed by atoms with Gasteiger partial charge in [-0.25, -0.2) is 8.42 Å². The summed E-state index contributed by atoms with van der Waals surface area (Å²) in [6.07, 6.45) is 1.09. The molecule has 0 saturated heterocycles. The molecule has 41 heavy (non-hydrogen) atoms. The molecule has 0 aliphatic carbocycles. The second-order valence-electron chi connectivity index (χ2n) is 10.2. The third-order valence-electron chi connectivity index (χ3n) is 7.12. The maximum atomic E-state index is 14.2. The molecule has 2 amide bonds. The van der Waals surface area contributed by atoms with Crippen molar-refractivity contribution < 1.29 is 22.7 Å². The number of nitrogens with one attached hydrogen (secondary N) is 1. The molecule has 0 aliphatic rings. The summed E-state index contributed by atoms with van der Waals surface area (Å²) in [6, 6.07) is 20.0. The van der Waals surface area contributed by atoms with Crippen LogP contribution in [0, 0.1) is 13.8 Å². The number of rotatable bonds is 13. The lowest BCUT2D eigenvalue weighted by Gasteiger charge is -2.34. The zero-order chi connectivity index (χ0) is 30.2. The SMILES string of the molecule is CCC(C)NC(=O)C(CC)N(Cc1cccc(OC)c1)C(=O)CN(c1cc(C)ccc1C)S(=O)(=O)c1ccccc1. The molecule has 0 radical (unpaired) electrons.